The summed E-state index contributed by atoms with van der Waals surface area (Å²) in [6.45, 7) is 10.6. The van der Waals surface area contributed by atoms with Crippen molar-refractivity contribution in [3.63, 3.8) is 0 Å². The molecule has 0 aromatic carbocycles. The Morgan fingerprint density at radius 1 is 1.33 bits per heavy atom. The summed E-state index contributed by atoms with van der Waals surface area (Å²) in [7, 11) is 0. The van der Waals surface area contributed by atoms with E-state index in [4.69, 9.17) is 4.42 Å². The van der Waals surface area contributed by atoms with Crippen LogP contribution in [0, 0.1) is 0 Å². The molecule has 1 heterocycles. The van der Waals surface area contributed by atoms with Gasteiger partial charge in [-0.2, -0.15) is 0 Å². The summed E-state index contributed by atoms with van der Waals surface area (Å²) < 4.78 is 5.68. The van der Waals surface area contributed by atoms with Crippen LogP contribution in [-0.2, 0) is 11.8 Å². The Balaban J connectivity index is 2.40. The summed E-state index contributed by atoms with van der Waals surface area (Å²) in [5.74, 6) is 1.80. The molecular weight excluding hydrogens is 188 g/mol. The van der Waals surface area contributed by atoms with Crippen LogP contribution in [0.4, 0.5) is 0 Å². The van der Waals surface area contributed by atoms with Crippen molar-refractivity contribution in [3.05, 3.63) is 17.8 Å². The molecule has 1 aromatic heterocycles. The van der Waals surface area contributed by atoms with Crippen LogP contribution in [-0.4, -0.2) is 18.1 Å². The number of aromatic nitrogens is 1. The number of oxazole rings is 1. The van der Waals surface area contributed by atoms with Gasteiger partial charge >= 0.3 is 0 Å². The molecular formula is C12H22N2O. The van der Waals surface area contributed by atoms with E-state index < -0.39 is 0 Å². The number of nitrogens with one attached hydrogen (secondary N) is 1. The molecule has 0 saturated carbocycles. The summed E-state index contributed by atoms with van der Waals surface area (Å²) in [5, 5.41) is 3.33. The molecule has 86 valence electrons. The van der Waals surface area contributed by atoms with Gasteiger partial charge in [0.1, 0.15) is 5.76 Å². The zero-order valence-corrected chi connectivity index (χ0v) is 10.3. The zero-order chi connectivity index (χ0) is 11.3. The van der Waals surface area contributed by atoms with Gasteiger partial charge in [0.2, 0.25) is 0 Å². The first-order chi connectivity index (χ1) is 7.04. The lowest BCUT2D eigenvalue weighted by Crippen LogP contribution is -2.17. The normalized spacial score (nSPS) is 12.0. The van der Waals surface area contributed by atoms with E-state index >= 15 is 0 Å². The Labute approximate surface area is 92.3 Å². The van der Waals surface area contributed by atoms with E-state index in [0.717, 1.165) is 31.2 Å². The van der Waals surface area contributed by atoms with E-state index in [9.17, 15) is 0 Å². The molecule has 1 aromatic rings. The Morgan fingerprint density at radius 3 is 2.60 bits per heavy atom. The van der Waals surface area contributed by atoms with Gasteiger partial charge in [0, 0.05) is 18.4 Å². The molecule has 0 aliphatic heterocycles. The first-order valence-electron chi connectivity index (χ1n) is 5.70. The van der Waals surface area contributed by atoms with Crippen LogP contribution in [0.1, 0.15) is 45.8 Å². The molecule has 0 amide bonds. The minimum Gasteiger partial charge on any atom is -0.445 e. The second kappa shape index (κ2) is 5.31. The lowest BCUT2D eigenvalue weighted by atomic mass is 9.94. The number of hydrogen-bond donors (Lipinski definition) is 1. The third kappa shape index (κ3) is 4.04. The molecule has 0 unspecified atom stereocenters. The van der Waals surface area contributed by atoms with Crippen LogP contribution in [0.3, 0.4) is 0 Å². The molecule has 0 spiro atoms. The third-order valence-corrected chi connectivity index (χ3v) is 2.24. The second-order valence-electron chi connectivity index (χ2n) is 4.87. The lowest BCUT2D eigenvalue weighted by Gasteiger charge is -2.13. The van der Waals surface area contributed by atoms with Gasteiger partial charge in [-0.05, 0) is 13.0 Å². The predicted molar refractivity (Wildman–Crippen MR) is 62.1 cm³/mol. The van der Waals surface area contributed by atoms with Crippen molar-refractivity contribution in [2.24, 2.45) is 0 Å². The van der Waals surface area contributed by atoms with Crippen LogP contribution in [0.15, 0.2) is 10.6 Å². The van der Waals surface area contributed by atoms with E-state index in [1.165, 1.54) is 6.42 Å². The minimum absolute atomic E-state index is 0.0576. The molecule has 0 bridgehead atoms. The van der Waals surface area contributed by atoms with E-state index in [1.54, 1.807) is 0 Å². The van der Waals surface area contributed by atoms with Crippen molar-refractivity contribution < 1.29 is 4.42 Å². The molecule has 0 radical (unpaired) electrons. The molecule has 1 N–H and O–H groups in total. The highest BCUT2D eigenvalue weighted by Gasteiger charge is 2.18. The van der Waals surface area contributed by atoms with E-state index in [2.05, 4.69) is 38.0 Å². The first kappa shape index (κ1) is 12.2. The fourth-order valence-electron chi connectivity index (χ4n) is 1.27. The van der Waals surface area contributed by atoms with Crippen molar-refractivity contribution in [2.45, 2.75) is 46.0 Å². The van der Waals surface area contributed by atoms with Crippen LogP contribution >= 0.6 is 0 Å². The van der Waals surface area contributed by atoms with Gasteiger partial charge in [0.05, 0.1) is 6.20 Å². The fourth-order valence-corrected chi connectivity index (χ4v) is 1.27. The SMILES string of the molecule is CCCNCCc1ncc(C(C)(C)C)o1. The Kier molecular flexibility index (Phi) is 4.33. The van der Waals surface area contributed by atoms with Crippen LogP contribution < -0.4 is 5.32 Å². The first-order valence-corrected chi connectivity index (χ1v) is 5.70. The topological polar surface area (TPSA) is 38.1 Å². The van der Waals surface area contributed by atoms with Gasteiger partial charge < -0.3 is 9.73 Å². The summed E-state index contributed by atoms with van der Waals surface area (Å²) in [5.41, 5.74) is 0.0576. The smallest absolute Gasteiger partial charge is 0.195 e. The van der Waals surface area contributed by atoms with Crippen molar-refractivity contribution >= 4 is 0 Å². The summed E-state index contributed by atoms with van der Waals surface area (Å²) >= 11 is 0. The largest absolute Gasteiger partial charge is 0.445 e. The van der Waals surface area contributed by atoms with Gasteiger partial charge in [-0.25, -0.2) is 4.98 Å². The Hall–Kier alpha value is -0.830. The average Bonchev–Trinajstić information content (AvgIpc) is 2.60. The molecule has 0 atom stereocenters. The van der Waals surface area contributed by atoms with Crippen molar-refractivity contribution in [3.8, 4) is 0 Å². The van der Waals surface area contributed by atoms with Crippen molar-refractivity contribution in [2.75, 3.05) is 13.1 Å². The molecule has 0 fully saturated rings. The lowest BCUT2D eigenvalue weighted by molar-refractivity contribution is 0.380. The molecule has 3 heteroatoms. The Bertz CT molecular complexity index is 286. The maximum Gasteiger partial charge on any atom is 0.195 e. The highest BCUT2D eigenvalue weighted by Crippen LogP contribution is 2.22. The van der Waals surface area contributed by atoms with Gasteiger partial charge in [0.25, 0.3) is 0 Å². The van der Waals surface area contributed by atoms with Gasteiger partial charge in [-0.1, -0.05) is 27.7 Å². The molecule has 15 heavy (non-hydrogen) atoms. The van der Waals surface area contributed by atoms with E-state index in [1.807, 2.05) is 6.20 Å². The highest BCUT2D eigenvalue weighted by molar-refractivity contribution is 5.06. The maximum atomic E-state index is 5.68. The molecule has 0 saturated heterocycles. The number of rotatable bonds is 5. The van der Waals surface area contributed by atoms with Gasteiger partial charge in [-0.15, -0.1) is 0 Å². The third-order valence-electron chi connectivity index (χ3n) is 2.24. The van der Waals surface area contributed by atoms with Gasteiger partial charge in [-0.3, -0.25) is 0 Å². The summed E-state index contributed by atoms with van der Waals surface area (Å²) in [6, 6.07) is 0. The monoisotopic (exact) mass is 210 g/mol. The molecule has 0 aliphatic carbocycles. The maximum absolute atomic E-state index is 5.68. The van der Waals surface area contributed by atoms with Crippen molar-refractivity contribution in [1.29, 1.82) is 0 Å². The summed E-state index contributed by atoms with van der Waals surface area (Å²) in [6.07, 6.45) is 3.88. The molecule has 1 rings (SSSR count). The summed E-state index contributed by atoms with van der Waals surface area (Å²) in [4.78, 5) is 4.27. The van der Waals surface area contributed by atoms with Crippen molar-refractivity contribution in [1.82, 2.24) is 10.3 Å². The van der Waals surface area contributed by atoms with Crippen LogP contribution in [0.25, 0.3) is 0 Å². The van der Waals surface area contributed by atoms with Crippen LogP contribution in [0.5, 0.6) is 0 Å². The zero-order valence-electron chi connectivity index (χ0n) is 10.3. The minimum atomic E-state index is 0.0576. The fraction of sp³-hybridized carbons (Fsp3) is 0.750. The Morgan fingerprint density at radius 2 is 2.07 bits per heavy atom. The predicted octanol–water partition coefficient (Wildman–Crippen LogP) is 2.51. The van der Waals surface area contributed by atoms with E-state index in [0.29, 0.717) is 0 Å². The van der Waals surface area contributed by atoms with Crippen LogP contribution in [0.2, 0.25) is 0 Å². The highest BCUT2D eigenvalue weighted by atomic mass is 16.4. The molecule has 3 nitrogen and oxygen atoms in total. The standard InChI is InChI=1S/C12H22N2O/c1-5-7-13-8-6-11-14-9-10(15-11)12(2,3)4/h9,13H,5-8H2,1-4H3. The van der Waals surface area contributed by atoms with Gasteiger partial charge in [0.15, 0.2) is 5.89 Å². The second-order valence-corrected chi connectivity index (χ2v) is 4.87. The average molecular weight is 210 g/mol. The quantitative estimate of drug-likeness (QED) is 0.759. The molecule has 0 aliphatic rings. The van der Waals surface area contributed by atoms with E-state index in [-0.39, 0.29) is 5.41 Å². The number of nitrogens with zero attached hydrogens (tertiary/aromatic N) is 1. The number of hydrogen-bond acceptors (Lipinski definition) is 3.